The lowest BCUT2D eigenvalue weighted by molar-refractivity contribution is -0.170. The van der Waals surface area contributed by atoms with E-state index in [2.05, 4.69) is 19.9 Å². The normalized spacial score (nSPS) is 55.2. The van der Waals surface area contributed by atoms with Crippen molar-refractivity contribution in [2.45, 2.75) is 89.9 Å². The fourth-order valence-corrected chi connectivity index (χ4v) is 7.38. The van der Waals surface area contributed by atoms with Gasteiger partial charge in [0.15, 0.2) is 0 Å². The van der Waals surface area contributed by atoms with E-state index in [-0.39, 0.29) is 16.9 Å². The van der Waals surface area contributed by atoms with Gasteiger partial charge in [-0.25, -0.2) is 0 Å². The standard InChI is InChI=1S/C21H34O3/c1-13(22)21(24)11-8-18-16-5-4-14-12-15(23)6-9-19(14,2)17(16)7-10-20(18,21)3/h4,13,15-18,22-24H,5-12H2,1-3H3. The fourth-order valence-electron chi connectivity index (χ4n) is 7.38. The van der Waals surface area contributed by atoms with E-state index in [0.717, 1.165) is 51.4 Å². The molecule has 4 aliphatic carbocycles. The topological polar surface area (TPSA) is 60.7 Å². The summed E-state index contributed by atoms with van der Waals surface area (Å²) in [7, 11) is 0. The van der Waals surface area contributed by atoms with E-state index in [1.165, 1.54) is 5.57 Å². The average molecular weight is 335 g/mol. The Morgan fingerprint density at radius 1 is 1.08 bits per heavy atom. The number of hydrogen-bond donors (Lipinski definition) is 3. The second-order valence-electron chi connectivity index (χ2n) is 9.75. The second-order valence-corrected chi connectivity index (χ2v) is 9.75. The van der Waals surface area contributed by atoms with E-state index < -0.39 is 11.7 Å². The zero-order chi connectivity index (χ0) is 17.3. The molecule has 0 amide bonds. The quantitative estimate of drug-likeness (QED) is 0.644. The van der Waals surface area contributed by atoms with Crippen LogP contribution >= 0.6 is 0 Å². The van der Waals surface area contributed by atoms with Crippen LogP contribution in [-0.2, 0) is 0 Å². The molecule has 0 spiro atoms. The Bertz CT molecular complexity index is 555. The van der Waals surface area contributed by atoms with E-state index in [9.17, 15) is 15.3 Å². The van der Waals surface area contributed by atoms with Crippen LogP contribution in [0.5, 0.6) is 0 Å². The molecule has 3 nitrogen and oxygen atoms in total. The summed E-state index contributed by atoms with van der Waals surface area (Å²) < 4.78 is 0. The third kappa shape index (κ3) is 2.01. The highest BCUT2D eigenvalue weighted by atomic mass is 16.3. The minimum atomic E-state index is -0.920. The Morgan fingerprint density at radius 3 is 2.50 bits per heavy atom. The molecule has 0 aromatic carbocycles. The smallest absolute Gasteiger partial charge is 0.0958 e. The van der Waals surface area contributed by atoms with Gasteiger partial charge in [0.25, 0.3) is 0 Å². The highest BCUT2D eigenvalue weighted by molar-refractivity contribution is 5.26. The van der Waals surface area contributed by atoms with Crippen molar-refractivity contribution >= 4 is 0 Å². The summed E-state index contributed by atoms with van der Waals surface area (Å²) in [5.41, 5.74) is 0.665. The van der Waals surface area contributed by atoms with E-state index in [4.69, 9.17) is 0 Å². The van der Waals surface area contributed by atoms with Crippen molar-refractivity contribution in [2.24, 2.45) is 28.6 Å². The molecule has 0 aromatic heterocycles. The maximum absolute atomic E-state index is 11.2. The van der Waals surface area contributed by atoms with Gasteiger partial charge in [-0.2, -0.15) is 0 Å². The average Bonchev–Trinajstić information content (AvgIpc) is 2.81. The van der Waals surface area contributed by atoms with Gasteiger partial charge in [0, 0.05) is 5.41 Å². The third-order valence-corrected chi connectivity index (χ3v) is 8.98. The first-order valence-electron chi connectivity index (χ1n) is 10.0. The van der Waals surface area contributed by atoms with Gasteiger partial charge in [0.1, 0.15) is 0 Å². The Labute approximate surface area is 146 Å². The number of allylic oxidation sites excluding steroid dienone is 1. The molecule has 3 N–H and O–H groups in total. The van der Waals surface area contributed by atoms with Gasteiger partial charge < -0.3 is 15.3 Å². The van der Waals surface area contributed by atoms with E-state index in [0.29, 0.717) is 17.8 Å². The van der Waals surface area contributed by atoms with E-state index in [1.807, 2.05) is 0 Å². The number of hydrogen-bond acceptors (Lipinski definition) is 3. The van der Waals surface area contributed by atoms with Crippen LogP contribution in [0.4, 0.5) is 0 Å². The summed E-state index contributed by atoms with van der Waals surface area (Å²) in [6, 6.07) is 0. The van der Waals surface area contributed by atoms with Crippen LogP contribution in [0.1, 0.15) is 72.1 Å². The van der Waals surface area contributed by atoms with Crippen molar-refractivity contribution in [1.82, 2.24) is 0 Å². The molecule has 0 heterocycles. The number of fused-ring (bicyclic) bond motifs is 5. The maximum atomic E-state index is 11.2. The molecular formula is C21H34O3. The second kappa shape index (κ2) is 5.31. The van der Waals surface area contributed by atoms with Gasteiger partial charge in [0.2, 0.25) is 0 Å². The SMILES string of the molecule is CC(O)C1(O)CCC2C3CC=C4CC(O)CCC4(C)C3CCC21C. The summed E-state index contributed by atoms with van der Waals surface area (Å²) in [6.45, 7) is 6.43. The predicted octanol–water partition coefficient (Wildman–Crippen LogP) is 3.42. The summed E-state index contributed by atoms with van der Waals surface area (Å²) >= 11 is 0. The molecule has 3 saturated carbocycles. The van der Waals surface area contributed by atoms with Crippen LogP contribution in [0, 0.1) is 28.6 Å². The molecule has 0 saturated heterocycles. The fraction of sp³-hybridized carbons (Fsp3) is 0.905. The van der Waals surface area contributed by atoms with Crippen molar-refractivity contribution in [3.63, 3.8) is 0 Å². The molecule has 0 radical (unpaired) electrons. The number of rotatable bonds is 1. The Kier molecular flexibility index (Phi) is 3.77. The van der Waals surface area contributed by atoms with Crippen molar-refractivity contribution in [2.75, 3.05) is 0 Å². The monoisotopic (exact) mass is 334 g/mol. The summed E-state index contributed by atoms with van der Waals surface area (Å²) in [4.78, 5) is 0. The van der Waals surface area contributed by atoms with Crippen LogP contribution in [0.25, 0.3) is 0 Å². The summed E-state index contributed by atoms with van der Waals surface area (Å²) in [6.07, 6.45) is 9.56. The summed E-state index contributed by atoms with van der Waals surface area (Å²) in [5.74, 6) is 1.82. The van der Waals surface area contributed by atoms with Gasteiger partial charge in [0.05, 0.1) is 17.8 Å². The number of aliphatic hydroxyl groups excluding tert-OH is 2. The molecule has 8 atom stereocenters. The minimum absolute atomic E-state index is 0.151. The molecule has 4 rings (SSSR count). The highest BCUT2D eigenvalue weighted by Gasteiger charge is 2.64. The molecule has 8 unspecified atom stereocenters. The molecule has 0 aliphatic heterocycles. The molecule has 24 heavy (non-hydrogen) atoms. The van der Waals surface area contributed by atoms with Gasteiger partial charge in [-0.1, -0.05) is 25.5 Å². The van der Waals surface area contributed by atoms with Gasteiger partial charge in [-0.3, -0.25) is 0 Å². The lowest BCUT2D eigenvalue weighted by Gasteiger charge is -2.59. The summed E-state index contributed by atoms with van der Waals surface area (Å²) in [5, 5.41) is 31.6. The zero-order valence-corrected chi connectivity index (χ0v) is 15.5. The predicted molar refractivity (Wildman–Crippen MR) is 94.3 cm³/mol. The molecule has 3 fully saturated rings. The number of aliphatic hydroxyl groups is 3. The first-order chi connectivity index (χ1) is 11.2. The van der Waals surface area contributed by atoms with Crippen molar-refractivity contribution < 1.29 is 15.3 Å². The van der Waals surface area contributed by atoms with Crippen LogP contribution in [0.3, 0.4) is 0 Å². The van der Waals surface area contributed by atoms with Crippen LogP contribution in [0.15, 0.2) is 11.6 Å². The lowest BCUT2D eigenvalue weighted by Crippen LogP contribution is -2.58. The van der Waals surface area contributed by atoms with Gasteiger partial charge in [-0.15, -0.1) is 0 Å². The molecule has 0 bridgehead atoms. The van der Waals surface area contributed by atoms with Crippen LogP contribution in [-0.4, -0.2) is 33.1 Å². The van der Waals surface area contributed by atoms with Crippen molar-refractivity contribution in [1.29, 1.82) is 0 Å². The molecule has 4 aliphatic rings. The van der Waals surface area contributed by atoms with E-state index in [1.54, 1.807) is 6.92 Å². The largest absolute Gasteiger partial charge is 0.393 e. The molecule has 136 valence electrons. The van der Waals surface area contributed by atoms with Crippen LogP contribution < -0.4 is 0 Å². The molecule has 3 heteroatoms. The minimum Gasteiger partial charge on any atom is -0.393 e. The van der Waals surface area contributed by atoms with Crippen molar-refractivity contribution in [3.8, 4) is 0 Å². The Hall–Kier alpha value is -0.380. The third-order valence-electron chi connectivity index (χ3n) is 8.98. The first kappa shape index (κ1) is 17.1. The molecular weight excluding hydrogens is 300 g/mol. The highest BCUT2D eigenvalue weighted by Crippen LogP contribution is 2.67. The Balaban J connectivity index is 1.68. The van der Waals surface area contributed by atoms with Gasteiger partial charge >= 0.3 is 0 Å². The van der Waals surface area contributed by atoms with Crippen LogP contribution in [0.2, 0.25) is 0 Å². The maximum Gasteiger partial charge on any atom is 0.0958 e. The molecule has 0 aromatic rings. The Morgan fingerprint density at radius 2 is 1.79 bits per heavy atom. The van der Waals surface area contributed by atoms with Crippen molar-refractivity contribution in [3.05, 3.63) is 11.6 Å². The first-order valence-corrected chi connectivity index (χ1v) is 10.0. The zero-order valence-electron chi connectivity index (χ0n) is 15.5. The lowest BCUT2D eigenvalue weighted by atomic mass is 9.46. The van der Waals surface area contributed by atoms with E-state index >= 15 is 0 Å². The van der Waals surface area contributed by atoms with Gasteiger partial charge in [-0.05, 0) is 81.5 Å².